The third kappa shape index (κ3) is 8.57. The summed E-state index contributed by atoms with van der Waals surface area (Å²) in [5.74, 6) is 2.17. The summed E-state index contributed by atoms with van der Waals surface area (Å²) in [7, 11) is 0. The van der Waals surface area contributed by atoms with E-state index in [2.05, 4.69) is 79.3 Å². The fourth-order valence-electron chi connectivity index (χ4n) is 5.94. The average Bonchev–Trinajstić information content (AvgIpc) is 3.90. The van der Waals surface area contributed by atoms with Gasteiger partial charge in [0.25, 0.3) is 0 Å². The van der Waals surface area contributed by atoms with Gasteiger partial charge < -0.3 is 24.2 Å². The van der Waals surface area contributed by atoms with Gasteiger partial charge in [-0.1, -0.05) is 59.3 Å². The molecule has 2 N–H and O–H groups in total. The van der Waals surface area contributed by atoms with E-state index in [1.165, 1.54) is 0 Å². The summed E-state index contributed by atoms with van der Waals surface area (Å²) in [6.07, 6.45) is 17.9. The van der Waals surface area contributed by atoms with Crippen molar-refractivity contribution in [3.63, 3.8) is 0 Å². The van der Waals surface area contributed by atoms with Crippen LogP contribution in [0.25, 0.3) is 57.5 Å². The van der Waals surface area contributed by atoms with Crippen LogP contribution in [0.4, 0.5) is 0 Å². The normalized spacial score (nSPS) is 12.1. The second-order valence-corrected chi connectivity index (χ2v) is 12.6. The largest absolute Gasteiger partial charge is 0.490 e. The van der Waals surface area contributed by atoms with Crippen LogP contribution in [0.3, 0.4) is 0 Å². The lowest BCUT2D eigenvalue weighted by Gasteiger charge is -2.19. The molecule has 48 heavy (non-hydrogen) atoms. The number of H-pyrrole nitrogens is 2. The molecule has 0 unspecified atom stereocenters. The molecule has 2 aliphatic heterocycles. The second kappa shape index (κ2) is 16.4. The molecule has 3 aromatic heterocycles. The molecular formula is C41H48N4O3. The first-order chi connectivity index (χ1) is 23.6. The van der Waals surface area contributed by atoms with E-state index in [1.807, 2.05) is 30.4 Å². The molecule has 0 atom stereocenters. The van der Waals surface area contributed by atoms with E-state index >= 15 is 0 Å². The molecule has 0 amide bonds. The van der Waals surface area contributed by atoms with Gasteiger partial charge in [0, 0.05) is 27.6 Å². The van der Waals surface area contributed by atoms with Gasteiger partial charge in [0.2, 0.25) is 5.75 Å². The highest BCUT2D eigenvalue weighted by atomic mass is 16.5. The number of hydrogen-bond acceptors (Lipinski definition) is 5. The van der Waals surface area contributed by atoms with Gasteiger partial charge in [-0.15, -0.1) is 0 Å². The van der Waals surface area contributed by atoms with Crippen molar-refractivity contribution in [1.82, 2.24) is 19.9 Å². The van der Waals surface area contributed by atoms with Crippen molar-refractivity contribution in [3.05, 3.63) is 77.4 Å². The maximum absolute atomic E-state index is 6.49. The third-order valence-electron chi connectivity index (χ3n) is 8.51. The Bertz CT molecular complexity index is 1880. The zero-order chi connectivity index (χ0) is 33.1. The van der Waals surface area contributed by atoms with Gasteiger partial charge >= 0.3 is 0 Å². The van der Waals surface area contributed by atoms with Gasteiger partial charge in [0.15, 0.2) is 11.5 Å². The van der Waals surface area contributed by atoms with Gasteiger partial charge in [-0.05, 0) is 104 Å². The van der Waals surface area contributed by atoms with Crippen LogP contribution >= 0.6 is 0 Å². The molecule has 8 bridgehead atoms. The van der Waals surface area contributed by atoms with Gasteiger partial charge in [-0.2, -0.15) is 0 Å². The molecule has 0 radical (unpaired) electrons. The van der Waals surface area contributed by atoms with Crippen LogP contribution in [0.5, 0.6) is 17.2 Å². The lowest BCUT2D eigenvalue weighted by molar-refractivity contribution is 0.235. The lowest BCUT2D eigenvalue weighted by Crippen LogP contribution is -2.06. The zero-order valence-corrected chi connectivity index (χ0v) is 28.6. The highest BCUT2D eigenvalue weighted by molar-refractivity contribution is 5.89. The Hall–Kier alpha value is -4.78. The third-order valence-corrected chi connectivity index (χ3v) is 8.51. The molecule has 0 aliphatic carbocycles. The Morgan fingerprint density at radius 1 is 0.500 bits per heavy atom. The number of nitrogens with zero attached hydrogens (tertiary/aromatic N) is 2. The predicted octanol–water partition coefficient (Wildman–Crippen LogP) is 11.0. The number of hydrogen-bond donors (Lipinski definition) is 2. The number of ether oxygens (including phenoxy) is 3. The average molecular weight is 645 g/mol. The van der Waals surface area contributed by atoms with E-state index in [-0.39, 0.29) is 0 Å². The minimum atomic E-state index is 0.630. The van der Waals surface area contributed by atoms with E-state index in [1.54, 1.807) is 0 Å². The number of unbranched alkanes of at least 4 members (excludes halogenated alkanes) is 6. The first kappa shape index (κ1) is 33.1. The Balaban J connectivity index is 1.50. The summed E-state index contributed by atoms with van der Waals surface area (Å²) in [5, 5.41) is 0. The van der Waals surface area contributed by atoms with Crippen molar-refractivity contribution < 1.29 is 14.2 Å². The predicted molar refractivity (Wildman–Crippen MR) is 199 cm³/mol. The Morgan fingerprint density at radius 2 is 1.02 bits per heavy atom. The highest BCUT2D eigenvalue weighted by Crippen LogP contribution is 2.43. The monoisotopic (exact) mass is 644 g/mol. The number of rotatable bonds is 16. The molecule has 1 aromatic carbocycles. The molecular weight excluding hydrogens is 596 g/mol. The van der Waals surface area contributed by atoms with Crippen molar-refractivity contribution in [2.45, 2.75) is 78.6 Å². The van der Waals surface area contributed by atoms with Crippen molar-refractivity contribution >= 4 is 46.4 Å². The summed E-state index contributed by atoms with van der Waals surface area (Å²) in [6, 6.07) is 18.9. The fourth-order valence-corrected chi connectivity index (χ4v) is 5.94. The molecule has 6 rings (SSSR count). The number of aromatic amines is 2. The molecule has 5 heterocycles. The maximum atomic E-state index is 6.49. The summed E-state index contributed by atoms with van der Waals surface area (Å²) in [4.78, 5) is 16.8. The lowest BCUT2D eigenvalue weighted by atomic mass is 10.0. The minimum Gasteiger partial charge on any atom is -0.490 e. The molecule has 2 aliphatic rings. The van der Waals surface area contributed by atoms with E-state index in [9.17, 15) is 0 Å². The summed E-state index contributed by atoms with van der Waals surface area (Å²) < 4.78 is 19.4. The van der Waals surface area contributed by atoms with Crippen molar-refractivity contribution in [1.29, 1.82) is 0 Å². The number of fused-ring (bicyclic) bond motifs is 8. The topological polar surface area (TPSA) is 85.1 Å². The van der Waals surface area contributed by atoms with Gasteiger partial charge in [-0.25, -0.2) is 9.97 Å². The molecule has 250 valence electrons. The first-order valence-corrected chi connectivity index (χ1v) is 17.8. The van der Waals surface area contributed by atoms with Crippen molar-refractivity contribution in [2.24, 2.45) is 0 Å². The quantitative estimate of drug-likeness (QED) is 0.102. The van der Waals surface area contributed by atoms with Crippen molar-refractivity contribution in [3.8, 4) is 28.4 Å². The minimum absolute atomic E-state index is 0.630. The molecule has 0 saturated heterocycles. The highest BCUT2D eigenvalue weighted by Gasteiger charge is 2.18. The van der Waals surface area contributed by atoms with Crippen LogP contribution in [0.1, 0.15) is 101 Å². The van der Waals surface area contributed by atoms with E-state index in [4.69, 9.17) is 24.2 Å². The molecule has 7 nitrogen and oxygen atoms in total. The fraction of sp³-hybridized carbons (Fsp3) is 0.366. The second-order valence-electron chi connectivity index (χ2n) is 12.6. The number of aromatic nitrogens is 4. The summed E-state index contributed by atoms with van der Waals surface area (Å²) in [6.45, 7) is 8.52. The number of benzene rings is 1. The van der Waals surface area contributed by atoms with Crippen LogP contribution in [0.2, 0.25) is 0 Å². The maximum Gasteiger partial charge on any atom is 0.203 e. The number of nitrogens with one attached hydrogen (secondary N) is 2. The van der Waals surface area contributed by atoms with Gasteiger partial charge in [-0.3, -0.25) is 0 Å². The van der Waals surface area contributed by atoms with Gasteiger partial charge in [0.05, 0.1) is 42.6 Å². The van der Waals surface area contributed by atoms with E-state index in [0.717, 1.165) is 125 Å². The Kier molecular flexibility index (Phi) is 11.3. The standard InChI is InChI=1S/C41H48N4O3/c1-4-7-10-19-46-39-22-29(23-40(47-20-11-8-5-2)41(39)48-21-12-9-6-3)37-27-36-26-34-16-15-32(43-34)24-30-13-14-31(42-30)25-33-17-18-35(44-33)28-38(37)45-36/h13-18,22-28,43,45H,4-12,19-21H2,1-3H3. The summed E-state index contributed by atoms with van der Waals surface area (Å²) in [5.41, 5.74) is 9.48. The molecule has 0 saturated carbocycles. The van der Waals surface area contributed by atoms with Gasteiger partial charge in [0.1, 0.15) is 0 Å². The van der Waals surface area contributed by atoms with Crippen LogP contribution in [0, 0.1) is 0 Å². The smallest absolute Gasteiger partial charge is 0.203 e. The first-order valence-electron chi connectivity index (χ1n) is 17.8. The SMILES string of the molecule is CCCCCOc1cc(-c2cc3cc4ccc(cc5nc(cc6nc(cc2[nH]3)C=C6)C=C5)[nH]4)cc(OCCCCC)c1OCCCCC. The summed E-state index contributed by atoms with van der Waals surface area (Å²) >= 11 is 0. The molecule has 0 fully saturated rings. The van der Waals surface area contributed by atoms with Crippen LogP contribution in [-0.4, -0.2) is 39.8 Å². The molecule has 7 heteroatoms. The van der Waals surface area contributed by atoms with Crippen molar-refractivity contribution in [2.75, 3.05) is 19.8 Å². The zero-order valence-electron chi connectivity index (χ0n) is 28.6. The van der Waals surface area contributed by atoms with E-state index in [0.29, 0.717) is 25.6 Å². The molecule has 0 spiro atoms. The molecule has 4 aromatic rings. The van der Waals surface area contributed by atoms with Crippen LogP contribution < -0.4 is 14.2 Å². The van der Waals surface area contributed by atoms with Crippen LogP contribution in [-0.2, 0) is 0 Å². The Labute approximate surface area is 284 Å². The van der Waals surface area contributed by atoms with Crippen LogP contribution in [0.15, 0.2) is 54.6 Å². The Morgan fingerprint density at radius 3 is 1.60 bits per heavy atom. The van der Waals surface area contributed by atoms with E-state index < -0.39 is 0 Å².